The van der Waals surface area contributed by atoms with Crippen molar-refractivity contribution in [2.75, 3.05) is 11.4 Å². The van der Waals surface area contributed by atoms with Crippen LogP contribution < -0.4 is 9.64 Å². The van der Waals surface area contributed by atoms with Crippen molar-refractivity contribution in [3.05, 3.63) is 129 Å². The number of halogens is 9. The molecule has 4 aromatic rings. The van der Waals surface area contributed by atoms with E-state index in [4.69, 9.17) is 27.9 Å². The summed E-state index contributed by atoms with van der Waals surface area (Å²) in [6.45, 7) is -0.376. The minimum Gasteiger partial charge on any atom is -0.465 e. The fraction of sp³-hybridized carbons (Fsp3) is 0.172. The van der Waals surface area contributed by atoms with Crippen molar-refractivity contribution in [2.24, 2.45) is 0 Å². The zero-order valence-electron chi connectivity index (χ0n) is 20.7. The molecule has 3 nitrogen and oxygen atoms in total. The van der Waals surface area contributed by atoms with Gasteiger partial charge in [0.2, 0.25) is 6.23 Å². The maximum Gasteiger partial charge on any atom is 0.416 e. The first-order valence-corrected chi connectivity index (χ1v) is 12.7. The van der Waals surface area contributed by atoms with Gasteiger partial charge >= 0.3 is 12.4 Å². The fourth-order valence-corrected chi connectivity index (χ4v) is 4.37. The zero-order valence-corrected chi connectivity index (χ0v) is 22.2. The van der Waals surface area contributed by atoms with Crippen LogP contribution in [0.3, 0.4) is 0 Å². The number of anilines is 1. The molecule has 0 radical (unpaired) electrons. The van der Waals surface area contributed by atoms with Gasteiger partial charge in [-0.15, -0.1) is 0 Å². The maximum absolute atomic E-state index is 15.4. The van der Waals surface area contributed by atoms with Gasteiger partial charge in [-0.05, 0) is 60.2 Å². The van der Waals surface area contributed by atoms with Crippen LogP contribution >= 0.6 is 23.2 Å². The van der Waals surface area contributed by atoms with Crippen molar-refractivity contribution in [1.82, 2.24) is 0 Å². The second-order valence-corrected chi connectivity index (χ2v) is 9.66. The van der Waals surface area contributed by atoms with E-state index in [-0.39, 0.29) is 33.5 Å². The molecule has 0 aliphatic rings. The summed E-state index contributed by atoms with van der Waals surface area (Å²) < 4.78 is 100. The number of ether oxygens (including phenoxy) is 1. The van der Waals surface area contributed by atoms with Crippen molar-refractivity contribution >= 4 is 28.9 Å². The SMILES string of the molecule is OC(CN(c1ccccc1)C(Oc1cccc(Cl)c1Cl)c1ccc(C(F)(F)F)cc1F)c1ccc(C(F)(F)F)cc1. The molecule has 0 aromatic heterocycles. The minimum atomic E-state index is -4.82. The Morgan fingerprint density at radius 2 is 1.37 bits per heavy atom. The molecular weight excluding hydrogens is 598 g/mol. The molecule has 216 valence electrons. The standard InChI is InChI=1S/C29H20Cl2F7NO2/c30-22-7-4-8-25(26(22)31)41-27(21-14-13-19(15-23(21)32)29(36,37)38)39(20-5-2-1-3-6-20)16-24(40)17-9-11-18(12-10-17)28(33,34)35/h1-15,24,27,40H,16H2. The van der Waals surface area contributed by atoms with Crippen molar-refractivity contribution in [1.29, 1.82) is 0 Å². The molecule has 0 aliphatic heterocycles. The van der Waals surface area contributed by atoms with Crippen LogP contribution in [0.1, 0.15) is 34.6 Å². The predicted octanol–water partition coefficient (Wildman–Crippen LogP) is 9.49. The van der Waals surface area contributed by atoms with E-state index in [1.54, 1.807) is 30.3 Å². The Balaban J connectivity index is 1.81. The van der Waals surface area contributed by atoms with Crippen LogP contribution in [0.4, 0.5) is 36.4 Å². The lowest BCUT2D eigenvalue weighted by Gasteiger charge is -2.36. The normalized spacial score (nSPS) is 13.5. The lowest BCUT2D eigenvalue weighted by Crippen LogP contribution is -2.36. The van der Waals surface area contributed by atoms with E-state index in [1.807, 2.05) is 0 Å². The van der Waals surface area contributed by atoms with Crippen LogP contribution in [0, 0.1) is 5.82 Å². The third kappa shape index (κ3) is 7.25. The van der Waals surface area contributed by atoms with Crippen LogP contribution in [0.5, 0.6) is 5.75 Å². The molecule has 1 N–H and O–H groups in total. The molecule has 4 rings (SSSR count). The van der Waals surface area contributed by atoms with Gasteiger partial charge in [0.25, 0.3) is 0 Å². The van der Waals surface area contributed by atoms with Crippen LogP contribution in [-0.2, 0) is 12.4 Å². The Labute approximate surface area is 240 Å². The number of nitrogens with zero attached hydrogens (tertiary/aromatic N) is 1. The highest BCUT2D eigenvalue weighted by Crippen LogP contribution is 2.40. The summed E-state index contributed by atoms with van der Waals surface area (Å²) in [5, 5.41) is 11.1. The summed E-state index contributed by atoms with van der Waals surface area (Å²) in [5.74, 6) is -1.29. The third-order valence-electron chi connectivity index (χ3n) is 6.11. The molecule has 0 saturated heterocycles. The molecule has 2 atom stereocenters. The van der Waals surface area contributed by atoms with E-state index >= 15 is 4.39 Å². The van der Waals surface area contributed by atoms with E-state index in [0.717, 1.165) is 30.3 Å². The molecule has 0 amide bonds. The molecule has 12 heteroatoms. The number of rotatable bonds is 8. The molecule has 0 aliphatic carbocycles. The summed E-state index contributed by atoms with van der Waals surface area (Å²) in [6, 6.07) is 18.2. The highest BCUT2D eigenvalue weighted by molar-refractivity contribution is 6.42. The Bertz CT molecular complexity index is 1480. The van der Waals surface area contributed by atoms with Crippen LogP contribution in [0.2, 0.25) is 10.0 Å². The molecule has 4 aromatic carbocycles. The lowest BCUT2D eigenvalue weighted by molar-refractivity contribution is -0.138. The van der Waals surface area contributed by atoms with Crippen molar-refractivity contribution in [3.63, 3.8) is 0 Å². The summed E-state index contributed by atoms with van der Waals surface area (Å²) >= 11 is 12.4. The summed E-state index contributed by atoms with van der Waals surface area (Å²) in [7, 11) is 0. The number of aliphatic hydroxyl groups is 1. The smallest absolute Gasteiger partial charge is 0.416 e. The van der Waals surface area contributed by atoms with Gasteiger partial charge in [-0.2, -0.15) is 26.3 Å². The topological polar surface area (TPSA) is 32.7 Å². The molecule has 0 bridgehead atoms. The quantitative estimate of drug-likeness (QED) is 0.158. The highest BCUT2D eigenvalue weighted by Gasteiger charge is 2.35. The van der Waals surface area contributed by atoms with Gasteiger partial charge in [0.15, 0.2) is 0 Å². The third-order valence-corrected chi connectivity index (χ3v) is 6.91. The Kier molecular flexibility index (Phi) is 9.06. The van der Waals surface area contributed by atoms with E-state index < -0.39 is 41.6 Å². The zero-order chi connectivity index (χ0) is 29.9. The highest BCUT2D eigenvalue weighted by atomic mass is 35.5. The summed E-state index contributed by atoms with van der Waals surface area (Å²) in [5.41, 5.74) is -2.03. The number of alkyl halides is 6. The first kappa shape index (κ1) is 30.5. The maximum atomic E-state index is 15.4. The number of benzene rings is 4. The van der Waals surface area contributed by atoms with Crippen molar-refractivity contribution < 1.29 is 40.6 Å². The number of hydrogen-bond acceptors (Lipinski definition) is 3. The first-order chi connectivity index (χ1) is 19.3. The Morgan fingerprint density at radius 1 is 0.756 bits per heavy atom. The molecule has 41 heavy (non-hydrogen) atoms. The van der Waals surface area contributed by atoms with Crippen LogP contribution in [0.15, 0.2) is 91.0 Å². The number of para-hydroxylation sites is 1. The van der Waals surface area contributed by atoms with Gasteiger partial charge in [-0.25, -0.2) is 4.39 Å². The van der Waals surface area contributed by atoms with Gasteiger partial charge in [-0.3, -0.25) is 0 Å². The lowest BCUT2D eigenvalue weighted by atomic mass is 10.0. The molecule has 2 unspecified atom stereocenters. The molecular formula is C29H20Cl2F7NO2. The van der Waals surface area contributed by atoms with Crippen LogP contribution in [-0.4, -0.2) is 11.7 Å². The Hall–Kier alpha value is -3.47. The predicted molar refractivity (Wildman–Crippen MR) is 141 cm³/mol. The number of aliphatic hydroxyl groups excluding tert-OH is 1. The summed E-state index contributed by atoms with van der Waals surface area (Å²) in [6.07, 6.45) is -12.4. The monoisotopic (exact) mass is 617 g/mol. The molecule has 0 heterocycles. The van der Waals surface area contributed by atoms with Gasteiger partial charge in [-0.1, -0.05) is 59.6 Å². The molecule has 0 saturated carbocycles. The average molecular weight is 618 g/mol. The van der Waals surface area contributed by atoms with E-state index in [9.17, 15) is 31.4 Å². The van der Waals surface area contributed by atoms with Gasteiger partial charge in [0.1, 0.15) is 16.6 Å². The van der Waals surface area contributed by atoms with Crippen LogP contribution in [0.25, 0.3) is 0 Å². The van der Waals surface area contributed by atoms with Gasteiger partial charge in [0.05, 0.1) is 28.8 Å². The fourth-order valence-electron chi connectivity index (χ4n) is 4.04. The minimum absolute atomic E-state index is 0.0339. The van der Waals surface area contributed by atoms with Crippen molar-refractivity contribution in [2.45, 2.75) is 24.7 Å². The van der Waals surface area contributed by atoms with Crippen molar-refractivity contribution in [3.8, 4) is 5.75 Å². The van der Waals surface area contributed by atoms with E-state index in [1.165, 1.54) is 23.1 Å². The largest absolute Gasteiger partial charge is 0.465 e. The summed E-state index contributed by atoms with van der Waals surface area (Å²) in [4.78, 5) is 1.35. The van der Waals surface area contributed by atoms with Gasteiger partial charge < -0.3 is 14.7 Å². The van der Waals surface area contributed by atoms with E-state index in [0.29, 0.717) is 17.8 Å². The first-order valence-electron chi connectivity index (χ1n) is 11.9. The Morgan fingerprint density at radius 3 is 1.95 bits per heavy atom. The van der Waals surface area contributed by atoms with Gasteiger partial charge in [0, 0.05) is 11.3 Å². The van der Waals surface area contributed by atoms with E-state index in [2.05, 4.69) is 0 Å². The molecule has 0 fully saturated rings. The average Bonchev–Trinajstić information content (AvgIpc) is 2.92. The number of hydrogen-bond donors (Lipinski definition) is 1. The molecule has 0 spiro atoms. The second kappa shape index (κ2) is 12.2. The second-order valence-electron chi connectivity index (χ2n) is 8.88.